The number of ether oxygens (including phenoxy) is 3. The molecule has 0 heterocycles. The molecule has 162 valence electrons. The van der Waals surface area contributed by atoms with Crippen molar-refractivity contribution in [1.82, 2.24) is 4.90 Å². The molecule has 0 spiro atoms. The Bertz CT molecular complexity index is 983. The summed E-state index contributed by atoms with van der Waals surface area (Å²) >= 11 is 0. The van der Waals surface area contributed by atoms with Gasteiger partial charge >= 0.3 is 6.61 Å². The summed E-state index contributed by atoms with van der Waals surface area (Å²) < 4.78 is 41.0. The van der Waals surface area contributed by atoms with Crippen LogP contribution in [0.4, 0.5) is 8.78 Å². The molecule has 0 N–H and O–H groups in total. The van der Waals surface area contributed by atoms with Gasteiger partial charge in [0.15, 0.2) is 11.5 Å². The molecule has 0 fully saturated rings. The van der Waals surface area contributed by atoms with E-state index in [1.165, 1.54) is 24.1 Å². The summed E-state index contributed by atoms with van der Waals surface area (Å²) in [6, 6.07) is 22.9. The lowest BCUT2D eigenvalue weighted by Crippen LogP contribution is -2.34. The van der Waals surface area contributed by atoms with Crippen LogP contribution >= 0.6 is 0 Å². The summed E-state index contributed by atoms with van der Waals surface area (Å²) in [5.41, 5.74) is 1.32. The number of benzene rings is 3. The maximum atomic E-state index is 13.3. The molecule has 3 aromatic carbocycles. The zero-order valence-corrected chi connectivity index (χ0v) is 17.2. The van der Waals surface area contributed by atoms with Gasteiger partial charge in [0.05, 0.1) is 7.11 Å². The number of hydrogen-bond donors (Lipinski definition) is 0. The summed E-state index contributed by atoms with van der Waals surface area (Å²) in [5, 5.41) is 0. The first-order chi connectivity index (χ1) is 15.0. The number of nitrogens with zero attached hydrogens (tertiary/aromatic N) is 1. The van der Waals surface area contributed by atoms with Gasteiger partial charge in [0.2, 0.25) is 6.10 Å². The Kier molecular flexibility index (Phi) is 7.43. The Morgan fingerprint density at radius 3 is 2.16 bits per heavy atom. The van der Waals surface area contributed by atoms with Crippen LogP contribution in [0, 0.1) is 0 Å². The molecule has 0 saturated carbocycles. The second-order valence-electron chi connectivity index (χ2n) is 6.78. The summed E-state index contributed by atoms with van der Waals surface area (Å²) in [5.74, 6) is 0.390. The maximum absolute atomic E-state index is 13.3. The molecule has 1 atom stereocenters. The van der Waals surface area contributed by atoms with E-state index in [-0.39, 0.29) is 24.0 Å². The van der Waals surface area contributed by atoms with Gasteiger partial charge in [0.25, 0.3) is 5.91 Å². The summed E-state index contributed by atoms with van der Waals surface area (Å²) in [6.07, 6.45) is -0.858. The van der Waals surface area contributed by atoms with Gasteiger partial charge in [-0.05, 0) is 29.8 Å². The third-order valence-electron chi connectivity index (χ3n) is 4.56. The number of carbonyl (C=O) groups is 1. The number of para-hydroxylation sites is 1. The van der Waals surface area contributed by atoms with E-state index in [0.717, 1.165) is 0 Å². The number of alkyl halides is 2. The van der Waals surface area contributed by atoms with Crippen LogP contribution in [-0.2, 0) is 11.3 Å². The highest BCUT2D eigenvalue weighted by atomic mass is 19.3. The SMILES string of the molecule is COc1ccc(CN(C)C(=O)C(Oc2ccccc2)c2ccccc2)cc1OC(F)F. The van der Waals surface area contributed by atoms with E-state index in [4.69, 9.17) is 9.47 Å². The van der Waals surface area contributed by atoms with E-state index in [1.54, 1.807) is 25.2 Å². The smallest absolute Gasteiger partial charge is 0.387 e. The quantitative estimate of drug-likeness (QED) is 0.478. The monoisotopic (exact) mass is 427 g/mol. The van der Waals surface area contributed by atoms with Crippen LogP contribution in [0.25, 0.3) is 0 Å². The van der Waals surface area contributed by atoms with E-state index in [0.29, 0.717) is 16.9 Å². The lowest BCUT2D eigenvalue weighted by molar-refractivity contribution is -0.138. The molecule has 0 radical (unpaired) electrons. The highest BCUT2D eigenvalue weighted by molar-refractivity contribution is 5.82. The molecule has 0 aliphatic carbocycles. The molecule has 5 nitrogen and oxygen atoms in total. The Morgan fingerprint density at radius 2 is 1.55 bits per heavy atom. The predicted molar refractivity (Wildman–Crippen MR) is 112 cm³/mol. The van der Waals surface area contributed by atoms with Crippen LogP contribution in [0.5, 0.6) is 17.2 Å². The van der Waals surface area contributed by atoms with Crippen molar-refractivity contribution >= 4 is 5.91 Å². The number of amides is 1. The Labute approximate surface area is 179 Å². The first-order valence-electron chi connectivity index (χ1n) is 9.61. The Morgan fingerprint density at radius 1 is 0.903 bits per heavy atom. The topological polar surface area (TPSA) is 48.0 Å². The summed E-state index contributed by atoms with van der Waals surface area (Å²) in [4.78, 5) is 14.7. The normalized spacial score (nSPS) is 11.6. The molecule has 3 rings (SSSR count). The van der Waals surface area contributed by atoms with Crippen molar-refractivity contribution in [2.24, 2.45) is 0 Å². The fraction of sp³-hybridized carbons (Fsp3) is 0.208. The third-order valence-corrected chi connectivity index (χ3v) is 4.56. The Hall–Kier alpha value is -3.61. The molecule has 0 bridgehead atoms. The molecule has 1 unspecified atom stereocenters. The lowest BCUT2D eigenvalue weighted by atomic mass is 10.1. The zero-order chi connectivity index (χ0) is 22.2. The van der Waals surface area contributed by atoms with Crippen molar-refractivity contribution in [1.29, 1.82) is 0 Å². The maximum Gasteiger partial charge on any atom is 0.387 e. The predicted octanol–water partition coefficient (Wildman–Crippen LogP) is 5.08. The van der Waals surface area contributed by atoms with Crippen molar-refractivity contribution in [3.63, 3.8) is 0 Å². The van der Waals surface area contributed by atoms with Crippen LogP contribution < -0.4 is 14.2 Å². The van der Waals surface area contributed by atoms with Gasteiger partial charge in [0, 0.05) is 19.2 Å². The molecule has 3 aromatic rings. The fourth-order valence-corrected chi connectivity index (χ4v) is 3.08. The lowest BCUT2D eigenvalue weighted by Gasteiger charge is -2.25. The van der Waals surface area contributed by atoms with E-state index >= 15 is 0 Å². The number of halogens is 2. The number of methoxy groups -OCH3 is 1. The molecule has 1 amide bonds. The molecule has 7 heteroatoms. The summed E-state index contributed by atoms with van der Waals surface area (Å²) in [6.45, 7) is -2.81. The molecular weight excluding hydrogens is 404 g/mol. The highest BCUT2D eigenvalue weighted by Gasteiger charge is 2.26. The molecule has 0 aliphatic heterocycles. The number of rotatable bonds is 9. The van der Waals surface area contributed by atoms with Gasteiger partial charge in [-0.3, -0.25) is 4.79 Å². The average molecular weight is 427 g/mol. The second kappa shape index (κ2) is 10.4. The average Bonchev–Trinajstić information content (AvgIpc) is 2.78. The van der Waals surface area contributed by atoms with E-state index in [2.05, 4.69) is 4.74 Å². The minimum atomic E-state index is -2.98. The van der Waals surface area contributed by atoms with Crippen molar-refractivity contribution in [2.45, 2.75) is 19.3 Å². The van der Waals surface area contributed by atoms with Crippen LogP contribution in [0.3, 0.4) is 0 Å². The van der Waals surface area contributed by atoms with Gasteiger partial charge in [-0.2, -0.15) is 8.78 Å². The van der Waals surface area contributed by atoms with Crippen molar-refractivity contribution in [3.8, 4) is 17.2 Å². The second-order valence-corrected chi connectivity index (χ2v) is 6.78. The van der Waals surface area contributed by atoms with E-state index in [9.17, 15) is 13.6 Å². The van der Waals surface area contributed by atoms with Gasteiger partial charge in [-0.25, -0.2) is 0 Å². The first kappa shape index (κ1) is 22.1. The van der Waals surface area contributed by atoms with Crippen LogP contribution in [0.15, 0.2) is 78.9 Å². The number of likely N-dealkylation sites (N-methyl/N-ethyl adjacent to an activating group) is 1. The molecule has 0 aliphatic rings. The van der Waals surface area contributed by atoms with Crippen LogP contribution in [-0.4, -0.2) is 31.6 Å². The molecule has 0 saturated heterocycles. The number of carbonyl (C=O) groups excluding carboxylic acids is 1. The van der Waals surface area contributed by atoms with Crippen molar-refractivity contribution in [3.05, 3.63) is 90.0 Å². The molecule has 0 aromatic heterocycles. The van der Waals surface area contributed by atoms with Crippen LogP contribution in [0.1, 0.15) is 17.2 Å². The zero-order valence-electron chi connectivity index (χ0n) is 17.2. The minimum Gasteiger partial charge on any atom is -0.493 e. The Balaban J connectivity index is 1.81. The van der Waals surface area contributed by atoms with Crippen molar-refractivity contribution in [2.75, 3.05) is 14.2 Å². The fourth-order valence-electron chi connectivity index (χ4n) is 3.08. The van der Waals surface area contributed by atoms with E-state index in [1.807, 2.05) is 48.5 Å². The molecule has 31 heavy (non-hydrogen) atoms. The summed E-state index contributed by atoms with van der Waals surface area (Å²) in [7, 11) is 3.00. The largest absolute Gasteiger partial charge is 0.493 e. The van der Waals surface area contributed by atoms with Gasteiger partial charge in [-0.1, -0.05) is 54.6 Å². The third kappa shape index (κ3) is 5.94. The van der Waals surface area contributed by atoms with Crippen molar-refractivity contribution < 1.29 is 27.8 Å². The minimum absolute atomic E-state index is 0.0870. The first-order valence-corrected chi connectivity index (χ1v) is 9.61. The van der Waals surface area contributed by atoms with Gasteiger partial charge in [0.1, 0.15) is 5.75 Å². The standard InChI is InChI=1S/C24H23F2NO4/c1-27(16-17-13-14-20(29-2)21(15-17)31-24(25)26)23(28)22(18-9-5-3-6-10-18)30-19-11-7-4-8-12-19/h3-15,22,24H,16H2,1-2H3. The van der Waals surface area contributed by atoms with E-state index < -0.39 is 12.7 Å². The molecular formula is C24H23F2NO4. The van der Waals surface area contributed by atoms with Gasteiger partial charge < -0.3 is 19.1 Å². The number of hydrogen-bond acceptors (Lipinski definition) is 4. The van der Waals surface area contributed by atoms with Gasteiger partial charge in [-0.15, -0.1) is 0 Å². The van der Waals surface area contributed by atoms with Crippen LogP contribution in [0.2, 0.25) is 0 Å². The highest BCUT2D eigenvalue weighted by Crippen LogP contribution is 2.30.